The molecule has 0 spiro atoms. The molecule has 1 atom stereocenters. The van der Waals surface area contributed by atoms with Crippen LogP contribution in [0.3, 0.4) is 0 Å². The van der Waals surface area contributed by atoms with Gasteiger partial charge in [0.15, 0.2) is 0 Å². The molecule has 0 bridgehead atoms. The summed E-state index contributed by atoms with van der Waals surface area (Å²) in [7, 11) is 0. The number of hydrogen-bond donors (Lipinski definition) is 2. The van der Waals surface area contributed by atoms with Crippen LogP contribution in [0.5, 0.6) is 0 Å². The maximum atomic E-state index is 12.4. The minimum Gasteiger partial charge on any atom is -0.329 e. The molecule has 0 saturated heterocycles. The highest BCUT2D eigenvalue weighted by Gasteiger charge is 2.37. The van der Waals surface area contributed by atoms with Crippen molar-refractivity contribution < 1.29 is 4.79 Å². The summed E-state index contributed by atoms with van der Waals surface area (Å²) < 4.78 is 0. The number of aryl methyl sites for hydroxylation is 1. The van der Waals surface area contributed by atoms with Crippen LogP contribution in [-0.2, 0) is 11.2 Å². The van der Waals surface area contributed by atoms with E-state index in [0.29, 0.717) is 12.6 Å². The maximum absolute atomic E-state index is 12.4. The van der Waals surface area contributed by atoms with Crippen molar-refractivity contribution in [3.63, 3.8) is 0 Å². The second kappa shape index (κ2) is 5.31. The van der Waals surface area contributed by atoms with E-state index in [9.17, 15) is 4.79 Å². The van der Waals surface area contributed by atoms with Crippen molar-refractivity contribution in [3.8, 4) is 0 Å². The van der Waals surface area contributed by atoms with Crippen LogP contribution in [0, 0.1) is 0 Å². The van der Waals surface area contributed by atoms with Crippen LogP contribution in [-0.4, -0.2) is 36.0 Å². The normalized spacial score (nSPS) is 22.8. The van der Waals surface area contributed by atoms with Crippen molar-refractivity contribution in [3.05, 3.63) is 29.8 Å². The van der Waals surface area contributed by atoms with Crippen molar-refractivity contribution in [2.75, 3.05) is 18.4 Å². The van der Waals surface area contributed by atoms with Gasteiger partial charge in [0, 0.05) is 24.8 Å². The number of nitrogens with two attached hydrogens (primary N) is 1. The SMILES string of the molecule is NCCN(C1CC1)C1CCc2ccccc2NC1=O. The summed E-state index contributed by atoms with van der Waals surface area (Å²) in [6.45, 7) is 1.44. The zero-order chi connectivity index (χ0) is 13.2. The fourth-order valence-electron chi connectivity index (χ4n) is 2.96. The lowest BCUT2D eigenvalue weighted by molar-refractivity contribution is -0.121. The minimum atomic E-state index is -0.0246. The largest absolute Gasteiger partial charge is 0.329 e. The van der Waals surface area contributed by atoms with Crippen molar-refractivity contribution in [1.82, 2.24) is 4.90 Å². The number of rotatable bonds is 4. The molecule has 0 radical (unpaired) electrons. The summed E-state index contributed by atoms with van der Waals surface area (Å²) in [4.78, 5) is 14.7. The first-order chi connectivity index (χ1) is 9.29. The van der Waals surface area contributed by atoms with Crippen LogP contribution in [0.25, 0.3) is 0 Å². The zero-order valence-corrected chi connectivity index (χ0v) is 11.1. The second-order valence-corrected chi connectivity index (χ2v) is 5.46. The van der Waals surface area contributed by atoms with Crippen molar-refractivity contribution in [2.45, 2.75) is 37.8 Å². The number of benzene rings is 1. The van der Waals surface area contributed by atoms with E-state index in [4.69, 9.17) is 5.73 Å². The van der Waals surface area contributed by atoms with E-state index < -0.39 is 0 Å². The van der Waals surface area contributed by atoms with Crippen LogP contribution < -0.4 is 11.1 Å². The molecule has 19 heavy (non-hydrogen) atoms. The fourth-order valence-corrected chi connectivity index (χ4v) is 2.96. The Kier molecular flexibility index (Phi) is 3.53. The molecule has 3 N–H and O–H groups in total. The Labute approximate surface area is 114 Å². The van der Waals surface area contributed by atoms with Gasteiger partial charge in [0.05, 0.1) is 6.04 Å². The van der Waals surface area contributed by atoms with Gasteiger partial charge in [-0.3, -0.25) is 9.69 Å². The van der Waals surface area contributed by atoms with Gasteiger partial charge in [0.2, 0.25) is 5.91 Å². The number of amides is 1. The lowest BCUT2D eigenvalue weighted by Crippen LogP contribution is -2.47. The average Bonchev–Trinajstić information content (AvgIpc) is 3.23. The zero-order valence-electron chi connectivity index (χ0n) is 11.1. The summed E-state index contributed by atoms with van der Waals surface area (Å²) in [6, 6.07) is 8.63. The standard InChI is InChI=1S/C15H21N3O/c16-9-10-18(12-6-7-12)14-8-5-11-3-1-2-4-13(11)17-15(14)19/h1-4,12,14H,5-10,16H2,(H,17,19). The van der Waals surface area contributed by atoms with Gasteiger partial charge in [0.25, 0.3) is 0 Å². The average molecular weight is 259 g/mol. The second-order valence-electron chi connectivity index (χ2n) is 5.46. The first-order valence-corrected chi connectivity index (χ1v) is 7.14. The molecule has 4 heteroatoms. The number of nitrogens with zero attached hydrogens (tertiary/aromatic N) is 1. The van der Waals surface area contributed by atoms with Gasteiger partial charge in [-0.15, -0.1) is 0 Å². The molecule has 1 heterocycles. The lowest BCUT2D eigenvalue weighted by atomic mass is 10.0. The molecule has 4 nitrogen and oxygen atoms in total. The summed E-state index contributed by atoms with van der Waals surface area (Å²) in [6.07, 6.45) is 4.25. The number of carbonyl (C=O) groups excluding carboxylic acids is 1. The monoisotopic (exact) mass is 259 g/mol. The van der Waals surface area contributed by atoms with E-state index in [1.165, 1.54) is 18.4 Å². The predicted molar refractivity (Wildman–Crippen MR) is 76.0 cm³/mol. The smallest absolute Gasteiger partial charge is 0.241 e. The Bertz CT molecular complexity index is 470. The molecule has 1 aliphatic carbocycles. The molecule has 1 amide bonds. The third-order valence-corrected chi connectivity index (χ3v) is 4.07. The van der Waals surface area contributed by atoms with Gasteiger partial charge < -0.3 is 11.1 Å². The molecule has 1 unspecified atom stereocenters. The molecular formula is C15H21N3O. The van der Waals surface area contributed by atoms with Gasteiger partial charge in [-0.25, -0.2) is 0 Å². The van der Waals surface area contributed by atoms with Gasteiger partial charge in [0.1, 0.15) is 0 Å². The van der Waals surface area contributed by atoms with E-state index in [2.05, 4.69) is 16.3 Å². The number of hydrogen-bond acceptors (Lipinski definition) is 3. The van der Waals surface area contributed by atoms with E-state index in [0.717, 1.165) is 25.1 Å². The van der Waals surface area contributed by atoms with E-state index in [1.54, 1.807) is 0 Å². The highest BCUT2D eigenvalue weighted by molar-refractivity contribution is 5.96. The number of carbonyl (C=O) groups is 1. The molecule has 1 aromatic carbocycles. The number of fused-ring (bicyclic) bond motifs is 1. The quantitative estimate of drug-likeness (QED) is 0.858. The highest BCUT2D eigenvalue weighted by atomic mass is 16.2. The van der Waals surface area contributed by atoms with Gasteiger partial charge in [-0.2, -0.15) is 0 Å². The van der Waals surface area contributed by atoms with Crippen LogP contribution in [0.4, 0.5) is 5.69 Å². The Morgan fingerprint density at radius 1 is 1.26 bits per heavy atom. The third kappa shape index (κ3) is 2.65. The summed E-state index contributed by atoms with van der Waals surface area (Å²) in [5, 5.41) is 3.07. The molecule has 102 valence electrons. The third-order valence-electron chi connectivity index (χ3n) is 4.07. The van der Waals surface area contributed by atoms with Gasteiger partial charge >= 0.3 is 0 Å². The maximum Gasteiger partial charge on any atom is 0.241 e. The van der Waals surface area contributed by atoms with Gasteiger partial charge in [-0.05, 0) is 37.3 Å². The van der Waals surface area contributed by atoms with Crippen LogP contribution in [0.15, 0.2) is 24.3 Å². The molecular weight excluding hydrogens is 238 g/mol. The summed E-state index contributed by atoms with van der Waals surface area (Å²) in [5.74, 6) is 0.130. The Morgan fingerprint density at radius 3 is 2.79 bits per heavy atom. The van der Waals surface area contributed by atoms with Crippen LogP contribution >= 0.6 is 0 Å². The van der Waals surface area contributed by atoms with Crippen molar-refractivity contribution in [2.24, 2.45) is 5.73 Å². The predicted octanol–water partition coefficient (Wildman–Crippen LogP) is 1.36. The van der Waals surface area contributed by atoms with E-state index in [-0.39, 0.29) is 11.9 Å². The number of anilines is 1. The molecule has 0 aromatic heterocycles. The number of para-hydroxylation sites is 1. The molecule has 2 aliphatic rings. The Morgan fingerprint density at radius 2 is 2.05 bits per heavy atom. The van der Waals surface area contributed by atoms with Gasteiger partial charge in [-0.1, -0.05) is 18.2 Å². The van der Waals surface area contributed by atoms with Crippen molar-refractivity contribution >= 4 is 11.6 Å². The first-order valence-electron chi connectivity index (χ1n) is 7.14. The molecule has 3 rings (SSSR count). The Hall–Kier alpha value is -1.39. The number of nitrogens with one attached hydrogen (secondary N) is 1. The first kappa shape index (κ1) is 12.6. The summed E-state index contributed by atoms with van der Waals surface area (Å²) in [5.41, 5.74) is 7.91. The Balaban J connectivity index is 1.79. The molecule has 1 fully saturated rings. The van der Waals surface area contributed by atoms with Crippen LogP contribution in [0.1, 0.15) is 24.8 Å². The summed E-state index contributed by atoms with van der Waals surface area (Å²) >= 11 is 0. The fraction of sp³-hybridized carbons (Fsp3) is 0.533. The minimum absolute atomic E-state index is 0.0246. The highest BCUT2D eigenvalue weighted by Crippen LogP contribution is 2.31. The topological polar surface area (TPSA) is 58.4 Å². The van der Waals surface area contributed by atoms with E-state index in [1.807, 2.05) is 18.2 Å². The van der Waals surface area contributed by atoms with Crippen molar-refractivity contribution in [1.29, 1.82) is 0 Å². The molecule has 1 aliphatic heterocycles. The molecule has 1 aromatic rings. The molecule has 1 saturated carbocycles. The van der Waals surface area contributed by atoms with E-state index >= 15 is 0 Å². The lowest BCUT2D eigenvalue weighted by Gasteiger charge is -2.29. The van der Waals surface area contributed by atoms with Crippen LogP contribution in [0.2, 0.25) is 0 Å².